The van der Waals surface area contributed by atoms with Crippen LogP contribution in [-0.2, 0) is 4.43 Å². The molecular formula is C17H34OSi2. The minimum absolute atomic E-state index is 0.0996. The summed E-state index contributed by atoms with van der Waals surface area (Å²) in [6.07, 6.45) is 5.27. The standard InChI is InChI=1S/C17H34OSi2/c1-10-11-12-13-16(14-15-19(5,6)7)18-20(8,9)17(2,3)4/h10,16H,1,11-13H2,2-9H3. The molecule has 0 bridgehead atoms. The summed E-state index contributed by atoms with van der Waals surface area (Å²) in [6, 6.07) is 0. The Morgan fingerprint density at radius 1 is 1.15 bits per heavy atom. The molecule has 1 unspecified atom stereocenters. The molecule has 0 amide bonds. The molecule has 0 radical (unpaired) electrons. The van der Waals surface area contributed by atoms with Crippen LogP contribution in [0.3, 0.4) is 0 Å². The van der Waals surface area contributed by atoms with Crippen LogP contribution in [-0.4, -0.2) is 22.5 Å². The first-order valence-electron chi connectivity index (χ1n) is 7.70. The summed E-state index contributed by atoms with van der Waals surface area (Å²) in [5.41, 5.74) is 3.48. The Morgan fingerprint density at radius 3 is 2.10 bits per heavy atom. The number of rotatable bonds is 6. The van der Waals surface area contributed by atoms with E-state index in [4.69, 9.17) is 4.43 Å². The first-order valence-corrected chi connectivity index (χ1v) is 14.1. The lowest BCUT2D eigenvalue weighted by molar-refractivity contribution is 0.221. The van der Waals surface area contributed by atoms with Crippen molar-refractivity contribution in [2.75, 3.05) is 0 Å². The maximum absolute atomic E-state index is 6.50. The first kappa shape index (κ1) is 19.7. The predicted octanol–water partition coefficient (Wildman–Crippen LogP) is 5.61. The minimum atomic E-state index is -1.74. The van der Waals surface area contributed by atoms with Crippen molar-refractivity contribution in [3.8, 4) is 11.5 Å². The van der Waals surface area contributed by atoms with E-state index in [0.717, 1.165) is 19.3 Å². The lowest BCUT2D eigenvalue weighted by atomic mass is 10.1. The molecule has 0 aromatic carbocycles. The summed E-state index contributed by atoms with van der Waals surface area (Å²) in [7, 11) is -3.07. The fourth-order valence-electron chi connectivity index (χ4n) is 1.44. The zero-order chi connectivity index (χ0) is 16.0. The van der Waals surface area contributed by atoms with E-state index in [0.29, 0.717) is 0 Å². The molecule has 1 nitrogen and oxygen atoms in total. The Kier molecular flexibility index (Phi) is 7.51. The van der Waals surface area contributed by atoms with Crippen LogP contribution in [0, 0.1) is 11.5 Å². The summed E-state index contributed by atoms with van der Waals surface area (Å²) < 4.78 is 6.50. The highest BCUT2D eigenvalue weighted by atomic mass is 28.4. The molecule has 0 heterocycles. The van der Waals surface area contributed by atoms with Gasteiger partial charge in [-0.1, -0.05) is 52.4 Å². The molecule has 0 N–H and O–H groups in total. The van der Waals surface area contributed by atoms with Crippen molar-refractivity contribution in [2.45, 2.75) is 83.9 Å². The maximum atomic E-state index is 6.50. The van der Waals surface area contributed by atoms with Gasteiger partial charge in [-0.25, -0.2) is 0 Å². The largest absolute Gasteiger partial charge is 0.403 e. The van der Waals surface area contributed by atoms with Gasteiger partial charge in [0.1, 0.15) is 14.2 Å². The van der Waals surface area contributed by atoms with Gasteiger partial charge in [-0.15, -0.1) is 12.1 Å². The van der Waals surface area contributed by atoms with E-state index in [9.17, 15) is 0 Å². The molecule has 0 spiro atoms. The van der Waals surface area contributed by atoms with E-state index < -0.39 is 16.4 Å². The van der Waals surface area contributed by atoms with Crippen LogP contribution in [0.15, 0.2) is 12.7 Å². The van der Waals surface area contributed by atoms with Crippen molar-refractivity contribution < 1.29 is 4.43 Å². The average molecular weight is 311 g/mol. The summed E-state index contributed by atoms with van der Waals surface area (Å²) in [6.45, 7) is 22.1. The van der Waals surface area contributed by atoms with Crippen molar-refractivity contribution >= 4 is 16.4 Å². The van der Waals surface area contributed by atoms with Gasteiger partial charge in [0.2, 0.25) is 0 Å². The van der Waals surface area contributed by atoms with Crippen molar-refractivity contribution in [3.63, 3.8) is 0 Å². The molecule has 0 aromatic heterocycles. The molecule has 0 aliphatic heterocycles. The molecule has 0 aliphatic rings. The fraction of sp³-hybridized carbons (Fsp3) is 0.765. The van der Waals surface area contributed by atoms with Gasteiger partial charge in [-0.05, 0) is 37.4 Å². The Morgan fingerprint density at radius 2 is 1.70 bits per heavy atom. The zero-order valence-corrected chi connectivity index (χ0v) is 16.9. The van der Waals surface area contributed by atoms with Gasteiger partial charge < -0.3 is 4.43 Å². The molecular weight excluding hydrogens is 276 g/mol. The zero-order valence-electron chi connectivity index (χ0n) is 14.9. The summed E-state index contributed by atoms with van der Waals surface area (Å²) in [5.74, 6) is 3.44. The smallest absolute Gasteiger partial charge is 0.193 e. The number of unbranched alkanes of at least 4 members (excludes halogenated alkanes) is 1. The molecule has 0 fully saturated rings. The first-order chi connectivity index (χ1) is 8.89. The second-order valence-corrected chi connectivity index (χ2v) is 17.6. The molecule has 1 atom stereocenters. The molecule has 116 valence electrons. The Bertz CT molecular complexity index is 361. The molecule has 0 aromatic rings. The Hall–Kier alpha value is -0.306. The van der Waals surface area contributed by atoms with Crippen molar-refractivity contribution in [2.24, 2.45) is 0 Å². The third-order valence-corrected chi connectivity index (χ3v) is 9.11. The Balaban J connectivity index is 4.93. The van der Waals surface area contributed by atoms with E-state index in [-0.39, 0.29) is 11.1 Å². The Labute approximate surface area is 129 Å². The monoisotopic (exact) mass is 310 g/mol. The lowest BCUT2D eigenvalue weighted by Gasteiger charge is -2.38. The highest BCUT2D eigenvalue weighted by Crippen LogP contribution is 2.37. The number of allylic oxidation sites excluding steroid dienone is 1. The van der Waals surface area contributed by atoms with Crippen LogP contribution in [0.25, 0.3) is 0 Å². The third kappa shape index (κ3) is 8.09. The van der Waals surface area contributed by atoms with Crippen molar-refractivity contribution in [1.29, 1.82) is 0 Å². The van der Waals surface area contributed by atoms with Gasteiger partial charge in [-0.3, -0.25) is 0 Å². The van der Waals surface area contributed by atoms with E-state index >= 15 is 0 Å². The summed E-state index contributed by atoms with van der Waals surface area (Å²) in [4.78, 5) is 0. The quantitative estimate of drug-likeness (QED) is 0.268. The van der Waals surface area contributed by atoms with Gasteiger partial charge in [-0.2, -0.15) is 0 Å². The molecule has 0 aliphatic carbocycles. The second kappa shape index (κ2) is 7.63. The predicted molar refractivity (Wildman–Crippen MR) is 97.2 cm³/mol. The van der Waals surface area contributed by atoms with E-state index in [1.807, 2.05) is 6.08 Å². The molecule has 0 saturated heterocycles. The SMILES string of the molecule is C=CCCCC(C#C[Si](C)(C)C)O[Si](C)(C)C(C)(C)C. The van der Waals surface area contributed by atoms with Gasteiger partial charge >= 0.3 is 0 Å². The highest BCUT2D eigenvalue weighted by molar-refractivity contribution is 6.83. The molecule has 0 saturated carbocycles. The van der Waals surface area contributed by atoms with Crippen LogP contribution in [0.5, 0.6) is 0 Å². The summed E-state index contributed by atoms with van der Waals surface area (Å²) in [5, 5.41) is 0.241. The summed E-state index contributed by atoms with van der Waals surface area (Å²) >= 11 is 0. The van der Waals surface area contributed by atoms with Crippen LogP contribution >= 0.6 is 0 Å². The van der Waals surface area contributed by atoms with Gasteiger partial charge in [0.25, 0.3) is 0 Å². The van der Waals surface area contributed by atoms with Crippen molar-refractivity contribution in [1.82, 2.24) is 0 Å². The van der Waals surface area contributed by atoms with E-state index in [1.54, 1.807) is 0 Å². The lowest BCUT2D eigenvalue weighted by Crippen LogP contribution is -2.43. The third-order valence-electron chi connectivity index (χ3n) is 3.73. The highest BCUT2D eigenvalue weighted by Gasteiger charge is 2.38. The van der Waals surface area contributed by atoms with Crippen LogP contribution in [0.2, 0.25) is 37.8 Å². The van der Waals surface area contributed by atoms with Gasteiger partial charge in [0, 0.05) is 0 Å². The topological polar surface area (TPSA) is 9.23 Å². The van der Waals surface area contributed by atoms with Gasteiger partial charge in [0.05, 0.1) is 0 Å². The van der Waals surface area contributed by atoms with Crippen LogP contribution in [0.1, 0.15) is 40.0 Å². The molecule has 0 rings (SSSR count). The van der Waals surface area contributed by atoms with Crippen LogP contribution in [0.4, 0.5) is 0 Å². The maximum Gasteiger partial charge on any atom is 0.193 e. The number of hydrogen-bond donors (Lipinski definition) is 0. The minimum Gasteiger partial charge on any atom is -0.403 e. The molecule has 3 heteroatoms. The fourth-order valence-corrected chi connectivity index (χ4v) is 3.27. The van der Waals surface area contributed by atoms with E-state index in [2.05, 4.69) is 71.5 Å². The van der Waals surface area contributed by atoms with Crippen molar-refractivity contribution in [3.05, 3.63) is 12.7 Å². The van der Waals surface area contributed by atoms with Crippen LogP contribution < -0.4 is 0 Å². The normalized spacial score (nSPS) is 14.4. The molecule has 20 heavy (non-hydrogen) atoms. The van der Waals surface area contributed by atoms with E-state index in [1.165, 1.54) is 0 Å². The second-order valence-electron chi connectivity index (χ2n) is 8.11. The van der Waals surface area contributed by atoms with Gasteiger partial charge in [0.15, 0.2) is 8.32 Å². The average Bonchev–Trinajstić information content (AvgIpc) is 2.23. The number of hydrogen-bond acceptors (Lipinski definition) is 1.